The largest absolute Gasteiger partial charge is 0.486 e. The fourth-order valence-corrected chi connectivity index (χ4v) is 4.34. The van der Waals surface area contributed by atoms with Gasteiger partial charge >= 0.3 is 0 Å². The van der Waals surface area contributed by atoms with Gasteiger partial charge in [0.1, 0.15) is 31.5 Å². The van der Waals surface area contributed by atoms with E-state index in [9.17, 15) is 8.42 Å². The van der Waals surface area contributed by atoms with E-state index < -0.39 is 10.0 Å². The number of hydrogen-bond acceptors (Lipinski definition) is 8. The summed E-state index contributed by atoms with van der Waals surface area (Å²) in [5.74, 6) is 2.90. The van der Waals surface area contributed by atoms with E-state index in [4.69, 9.17) is 14.2 Å². The molecule has 4 rings (SSSR count). The Balaban J connectivity index is 1.34. The molecule has 1 saturated heterocycles. The lowest BCUT2D eigenvalue weighted by Gasteiger charge is -2.19. The van der Waals surface area contributed by atoms with Gasteiger partial charge in [-0.2, -0.15) is 4.98 Å². The third-order valence-corrected chi connectivity index (χ3v) is 6.16. The molecule has 0 atom stereocenters. The van der Waals surface area contributed by atoms with Crippen molar-refractivity contribution in [1.82, 2.24) is 14.7 Å². The SMILES string of the molecule is Cc1nc(OCCNS(=O)(=O)c2ccc3c(c2)OCCO3)cc(N2CCCC2)n1. The number of rotatable bonds is 7. The average molecular weight is 420 g/mol. The lowest BCUT2D eigenvalue weighted by atomic mass is 10.3. The lowest BCUT2D eigenvalue weighted by Crippen LogP contribution is -2.28. The number of benzene rings is 1. The van der Waals surface area contributed by atoms with Gasteiger partial charge in [0, 0.05) is 31.8 Å². The van der Waals surface area contributed by atoms with Crippen LogP contribution < -0.4 is 23.8 Å². The van der Waals surface area contributed by atoms with Crippen LogP contribution in [0.15, 0.2) is 29.2 Å². The van der Waals surface area contributed by atoms with Crippen LogP contribution in [0.1, 0.15) is 18.7 Å². The molecule has 29 heavy (non-hydrogen) atoms. The van der Waals surface area contributed by atoms with Crippen molar-refractivity contribution >= 4 is 15.8 Å². The predicted molar refractivity (Wildman–Crippen MR) is 106 cm³/mol. The number of aromatic nitrogens is 2. The van der Waals surface area contributed by atoms with Gasteiger partial charge in [-0.05, 0) is 31.9 Å². The van der Waals surface area contributed by atoms with Crippen LogP contribution in [-0.2, 0) is 10.0 Å². The molecule has 2 aliphatic heterocycles. The molecule has 1 N–H and O–H groups in total. The molecule has 0 amide bonds. The van der Waals surface area contributed by atoms with Gasteiger partial charge in [-0.25, -0.2) is 18.1 Å². The van der Waals surface area contributed by atoms with Crippen molar-refractivity contribution in [2.45, 2.75) is 24.7 Å². The molecule has 1 fully saturated rings. The summed E-state index contributed by atoms with van der Waals surface area (Å²) in [6.45, 7) is 4.89. The quantitative estimate of drug-likeness (QED) is 0.673. The normalized spacial score (nSPS) is 16.1. The second kappa shape index (κ2) is 8.42. The highest BCUT2D eigenvalue weighted by Crippen LogP contribution is 2.32. The van der Waals surface area contributed by atoms with Crippen LogP contribution in [0.2, 0.25) is 0 Å². The number of nitrogens with zero attached hydrogens (tertiary/aromatic N) is 3. The summed E-state index contributed by atoms with van der Waals surface area (Å²) >= 11 is 0. The van der Waals surface area contributed by atoms with Crippen LogP contribution in [-0.4, -0.2) is 57.8 Å². The molecule has 0 bridgehead atoms. The minimum absolute atomic E-state index is 0.110. The Hall–Kier alpha value is -2.59. The highest BCUT2D eigenvalue weighted by Gasteiger charge is 2.19. The predicted octanol–water partition coefficient (Wildman–Crippen LogP) is 1.51. The summed E-state index contributed by atoms with van der Waals surface area (Å²) < 4.78 is 44.1. The van der Waals surface area contributed by atoms with Crippen molar-refractivity contribution in [2.75, 3.05) is 44.4 Å². The molecule has 1 aromatic carbocycles. The fraction of sp³-hybridized carbons (Fsp3) is 0.474. The Kier molecular flexibility index (Phi) is 5.72. The lowest BCUT2D eigenvalue weighted by molar-refractivity contribution is 0.171. The molecule has 1 aromatic heterocycles. The second-order valence-electron chi connectivity index (χ2n) is 6.86. The summed E-state index contributed by atoms with van der Waals surface area (Å²) in [7, 11) is -3.68. The molecule has 9 nitrogen and oxygen atoms in total. The molecular weight excluding hydrogens is 396 g/mol. The Morgan fingerprint density at radius 3 is 2.66 bits per heavy atom. The van der Waals surface area contributed by atoms with Crippen molar-refractivity contribution in [3.63, 3.8) is 0 Å². The van der Waals surface area contributed by atoms with Crippen molar-refractivity contribution in [1.29, 1.82) is 0 Å². The molecule has 2 aromatic rings. The van der Waals surface area contributed by atoms with E-state index in [1.54, 1.807) is 12.1 Å². The molecule has 0 spiro atoms. The molecule has 3 heterocycles. The van der Waals surface area contributed by atoms with Gasteiger partial charge in [0.05, 0.1) is 4.90 Å². The summed E-state index contributed by atoms with van der Waals surface area (Å²) in [6, 6.07) is 6.36. The Labute approximate surface area is 170 Å². The smallest absolute Gasteiger partial charge is 0.240 e. The number of hydrogen-bond donors (Lipinski definition) is 1. The molecule has 0 aliphatic carbocycles. The molecule has 0 saturated carbocycles. The highest BCUT2D eigenvalue weighted by atomic mass is 32.2. The van der Waals surface area contributed by atoms with E-state index in [2.05, 4.69) is 19.6 Å². The van der Waals surface area contributed by atoms with Crippen LogP contribution in [0.4, 0.5) is 5.82 Å². The molecule has 10 heteroatoms. The van der Waals surface area contributed by atoms with Gasteiger partial charge in [0.2, 0.25) is 15.9 Å². The number of aryl methyl sites for hydroxylation is 1. The first-order chi connectivity index (χ1) is 14.0. The molecule has 2 aliphatic rings. The number of anilines is 1. The first-order valence-corrected chi connectivity index (χ1v) is 11.1. The second-order valence-corrected chi connectivity index (χ2v) is 8.62. The van der Waals surface area contributed by atoms with Gasteiger partial charge in [-0.3, -0.25) is 0 Å². The minimum Gasteiger partial charge on any atom is -0.486 e. The zero-order valence-electron chi connectivity index (χ0n) is 16.3. The Bertz CT molecular complexity index is 977. The van der Waals surface area contributed by atoms with E-state index in [0.717, 1.165) is 31.7 Å². The zero-order valence-corrected chi connectivity index (χ0v) is 17.1. The van der Waals surface area contributed by atoms with Gasteiger partial charge in [-0.1, -0.05) is 0 Å². The van der Waals surface area contributed by atoms with E-state index in [0.29, 0.717) is 36.4 Å². The highest BCUT2D eigenvalue weighted by molar-refractivity contribution is 7.89. The Morgan fingerprint density at radius 2 is 1.86 bits per heavy atom. The van der Waals surface area contributed by atoms with Gasteiger partial charge in [0.25, 0.3) is 0 Å². The van der Waals surface area contributed by atoms with E-state index >= 15 is 0 Å². The zero-order chi connectivity index (χ0) is 20.3. The van der Waals surface area contributed by atoms with Crippen molar-refractivity contribution in [2.24, 2.45) is 0 Å². The van der Waals surface area contributed by atoms with Crippen LogP contribution in [0.5, 0.6) is 17.4 Å². The number of sulfonamides is 1. The molecule has 0 radical (unpaired) electrons. The van der Waals surface area contributed by atoms with E-state index in [1.807, 2.05) is 6.92 Å². The first kappa shape index (κ1) is 19.7. The number of ether oxygens (including phenoxy) is 3. The molecule has 0 unspecified atom stereocenters. The van der Waals surface area contributed by atoms with Gasteiger partial charge in [0.15, 0.2) is 11.5 Å². The van der Waals surface area contributed by atoms with Crippen LogP contribution in [0, 0.1) is 6.92 Å². The summed E-state index contributed by atoms with van der Waals surface area (Å²) in [6.07, 6.45) is 2.31. The fourth-order valence-electron chi connectivity index (χ4n) is 3.31. The van der Waals surface area contributed by atoms with E-state index in [1.165, 1.54) is 12.1 Å². The topological polar surface area (TPSA) is 103 Å². The standard InChI is InChI=1S/C19H24N4O5S/c1-14-21-18(23-7-2-3-8-23)13-19(22-14)28-9-6-20-29(24,25)15-4-5-16-17(12-15)27-11-10-26-16/h4-5,12-13,20H,2-3,6-11H2,1H3. The van der Waals surface area contributed by atoms with Crippen molar-refractivity contribution in [3.8, 4) is 17.4 Å². The average Bonchev–Trinajstić information content (AvgIpc) is 3.25. The Morgan fingerprint density at radius 1 is 1.10 bits per heavy atom. The third kappa shape index (κ3) is 4.70. The molecular formula is C19H24N4O5S. The van der Waals surface area contributed by atoms with E-state index in [-0.39, 0.29) is 18.0 Å². The van der Waals surface area contributed by atoms with Crippen LogP contribution >= 0.6 is 0 Å². The van der Waals surface area contributed by atoms with Crippen LogP contribution in [0.25, 0.3) is 0 Å². The molecule has 156 valence electrons. The van der Waals surface area contributed by atoms with Gasteiger partial charge in [-0.15, -0.1) is 0 Å². The minimum atomic E-state index is -3.68. The maximum atomic E-state index is 12.5. The maximum absolute atomic E-state index is 12.5. The van der Waals surface area contributed by atoms with Crippen LogP contribution in [0.3, 0.4) is 0 Å². The summed E-state index contributed by atoms with van der Waals surface area (Å²) in [5.41, 5.74) is 0. The third-order valence-electron chi connectivity index (χ3n) is 4.70. The van der Waals surface area contributed by atoms with Gasteiger partial charge < -0.3 is 19.1 Å². The van der Waals surface area contributed by atoms with Crippen molar-refractivity contribution < 1.29 is 22.6 Å². The summed E-state index contributed by atoms with van der Waals surface area (Å²) in [4.78, 5) is 11.1. The monoisotopic (exact) mass is 420 g/mol. The van der Waals surface area contributed by atoms with Crippen molar-refractivity contribution in [3.05, 3.63) is 30.1 Å². The first-order valence-electron chi connectivity index (χ1n) is 9.64. The number of fused-ring (bicyclic) bond motifs is 1. The maximum Gasteiger partial charge on any atom is 0.240 e. The number of nitrogens with one attached hydrogen (secondary N) is 1. The summed E-state index contributed by atoms with van der Waals surface area (Å²) in [5, 5.41) is 0.